The Morgan fingerprint density at radius 3 is 2.56 bits per heavy atom. The van der Waals surface area contributed by atoms with Crippen molar-refractivity contribution in [3.63, 3.8) is 0 Å². The fourth-order valence-electron chi connectivity index (χ4n) is 1.87. The smallest absolute Gasteiger partial charge is 0.331 e. The zero-order valence-electron chi connectivity index (χ0n) is 8.84. The van der Waals surface area contributed by atoms with Gasteiger partial charge in [-0.1, -0.05) is 42.5 Å². The van der Waals surface area contributed by atoms with Crippen LogP contribution >= 0.6 is 11.6 Å². The van der Waals surface area contributed by atoms with Crippen LogP contribution in [0.4, 0.5) is 5.69 Å². The summed E-state index contributed by atoms with van der Waals surface area (Å²) in [7, 11) is 0. The summed E-state index contributed by atoms with van der Waals surface area (Å²) in [5, 5.41) is 0. The van der Waals surface area contributed by atoms with Crippen LogP contribution in [0, 0.1) is 0 Å². The van der Waals surface area contributed by atoms with Gasteiger partial charge in [-0.3, -0.25) is 0 Å². The van der Waals surface area contributed by atoms with Crippen LogP contribution in [0.1, 0.15) is 5.56 Å². The van der Waals surface area contributed by atoms with E-state index in [4.69, 9.17) is 0 Å². The maximum absolute atomic E-state index is 2.30. The third kappa shape index (κ3) is 1.83. The van der Waals surface area contributed by atoms with Crippen LogP contribution < -0.4 is 4.81 Å². The summed E-state index contributed by atoms with van der Waals surface area (Å²) < 4.78 is 0. The fourth-order valence-corrected chi connectivity index (χ4v) is 2.77. The monoisotopic (exact) mass is 224 g/mol. The first-order valence-electron chi connectivity index (χ1n) is 5.33. The van der Waals surface area contributed by atoms with E-state index in [2.05, 4.69) is 66.1 Å². The third-order valence-electron chi connectivity index (χ3n) is 2.68. The zero-order valence-corrected chi connectivity index (χ0v) is 9.65. The summed E-state index contributed by atoms with van der Waals surface area (Å²) in [6, 6.07) is 19.1. The lowest BCUT2D eigenvalue weighted by Crippen LogP contribution is -2.20. The van der Waals surface area contributed by atoms with E-state index in [1.165, 1.54) is 16.1 Å². The lowest BCUT2D eigenvalue weighted by molar-refractivity contribution is 1.03. The Kier molecular flexibility index (Phi) is 2.62. The van der Waals surface area contributed by atoms with E-state index in [-0.39, 0.29) is 0 Å². The van der Waals surface area contributed by atoms with Crippen LogP contribution in [0.15, 0.2) is 59.5 Å². The van der Waals surface area contributed by atoms with Gasteiger partial charge in [0.15, 0.2) is 0 Å². The average Bonchev–Trinajstić information content (AvgIpc) is 2.74. The molecule has 2 aromatic carbocycles. The molecule has 0 bridgehead atoms. The first kappa shape index (κ1) is 9.85. The highest BCUT2D eigenvalue weighted by molar-refractivity contribution is 8.23. The van der Waals surface area contributed by atoms with Crippen molar-refractivity contribution in [2.45, 2.75) is 11.4 Å². The minimum absolute atomic E-state index is 0.949. The molecule has 16 heavy (non-hydrogen) atoms. The van der Waals surface area contributed by atoms with Crippen molar-refractivity contribution in [1.29, 1.82) is 0 Å². The van der Waals surface area contributed by atoms with Gasteiger partial charge in [0.25, 0.3) is 0 Å². The molecule has 1 radical (unpaired) electrons. The molecule has 1 aliphatic heterocycles. The molecular formula is C13H11BNS. The minimum Gasteiger partial charge on any atom is -0.404 e. The Bertz CT molecular complexity index is 486. The summed E-state index contributed by atoms with van der Waals surface area (Å²) >= 11 is 1.80. The van der Waals surface area contributed by atoms with Gasteiger partial charge in [-0.05, 0) is 17.7 Å². The van der Waals surface area contributed by atoms with Crippen molar-refractivity contribution in [3.05, 3.63) is 60.2 Å². The molecule has 0 amide bonds. The van der Waals surface area contributed by atoms with Crippen LogP contribution in [0.25, 0.3) is 0 Å². The highest BCUT2D eigenvalue weighted by Gasteiger charge is 2.20. The molecule has 77 valence electrons. The largest absolute Gasteiger partial charge is 0.404 e. The number of benzene rings is 2. The van der Waals surface area contributed by atoms with Gasteiger partial charge in [0, 0.05) is 17.1 Å². The normalized spacial score (nSPS) is 13.4. The summed E-state index contributed by atoms with van der Waals surface area (Å²) in [6.45, 7) is 3.14. The van der Waals surface area contributed by atoms with Crippen molar-refractivity contribution in [1.82, 2.24) is 0 Å². The summed E-state index contributed by atoms with van der Waals surface area (Å²) in [5.41, 5.74) is 2.66. The van der Waals surface area contributed by atoms with Crippen molar-refractivity contribution in [2.75, 3.05) is 4.81 Å². The van der Waals surface area contributed by atoms with Crippen molar-refractivity contribution < 1.29 is 0 Å². The van der Waals surface area contributed by atoms with E-state index in [0.29, 0.717) is 0 Å². The predicted molar refractivity (Wildman–Crippen MR) is 70.7 cm³/mol. The molecule has 0 saturated heterocycles. The van der Waals surface area contributed by atoms with E-state index in [1.807, 2.05) is 0 Å². The Morgan fingerprint density at radius 2 is 1.69 bits per heavy atom. The van der Waals surface area contributed by atoms with Gasteiger partial charge in [-0.15, -0.1) is 0 Å². The second-order valence-corrected chi connectivity index (χ2v) is 4.69. The van der Waals surface area contributed by atoms with Crippen molar-refractivity contribution >= 4 is 24.0 Å². The highest BCUT2D eigenvalue weighted by atomic mass is 32.2. The first-order chi connectivity index (χ1) is 7.93. The summed E-state index contributed by atoms with van der Waals surface area (Å²) in [4.78, 5) is 3.65. The second kappa shape index (κ2) is 4.26. The number of rotatable bonds is 2. The molecule has 0 N–H and O–H groups in total. The quantitative estimate of drug-likeness (QED) is 0.719. The van der Waals surface area contributed by atoms with Gasteiger partial charge in [-0.25, -0.2) is 0 Å². The molecule has 1 heterocycles. The molecule has 0 unspecified atom stereocenters. The number of hydrogen-bond acceptors (Lipinski definition) is 2. The van der Waals surface area contributed by atoms with Gasteiger partial charge in [-0.2, -0.15) is 11.6 Å². The van der Waals surface area contributed by atoms with Crippen LogP contribution in [0.2, 0.25) is 0 Å². The zero-order chi connectivity index (χ0) is 10.8. The maximum Gasteiger partial charge on any atom is 0.331 e. The van der Waals surface area contributed by atoms with Crippen molar-refractivity contribution in [3.8, 4) is 0 Å². The van der Waals surface area contributed by atoms with Crippen LogP contribution in [-0.4, -0.2) is 6.69 Å². The Morgan fingerprint density at radius 1 is 0.938 bits per heavy atom. The number of para-hydroxylation sites is 1. The van der Waals surface area contributed by atoms with Gasteiger partial charge in [0.05, 0.1) is 0 Å². The van der Waals surface area contributed by atoms with E-state index in [0.717, 1.165) is 6.54 Å². The molecule has 0 aromatic heterocycles. The highest BCUT2D eigenvalue weighted by Crippen LogP contribution is 2.37. The standard InChI is InChI=1S/C13H11BNS/c1-2-6-11(7-3-1)10-15-12-8-4-5-9-13(12)16-14-15/h1-9H,10H2. The van der Waals surface area contributed by atoms with E-state index in [1.54, 1.807) is 11.6 Å². The molecule has 0 saturated carbocycles. The molecular weight excluding hydrogens is 213 g/mol. The molecule has 2 aromatic rings. The first-order valence-corrected chi connectivity index (χ1v) is 6.21. The Hall–Kier alpha value is -1.35. The second-order valence-electron chi connectivity index (χ2n) is 3.80. The van der Waals surface area contributed by atoms with E-state index < -0.39 is 0 Å². The third-order valence-corrected chi connectivity index (χ3v) is 3.64. The molecule has 0 fully saturated rings. The SMILES string of the molecule is [B]1Sc2ccccc2N1Cc1ccccc1. The van der Waals surface area contributed by atoms with E-state index >= 15 is 0 Å². The Balaban J connectivity index is 1.84. The van der Waals surface area contributed by atoms with Crippen LogP contribution in [0.5, 0.6) is 0 Å². The van der Waals surface area contributed by atoms with Gasteiger partial charge >= 0.3 is 6.69 Å². The van der Waals surface area contributed by atoms with Gasteiger partial charge in [0.1, 0.15) is 0 Å². The predicted octanol–water partition coefficient (Wildman–Crippen LogP) is 3.33. The van der Waals surface area contributed by atoms with E-state index in [9.17, 15) is 0 Å². The molecule has 3 heteroatoms. The van der Waals surface area contributed by atoms with Crippen LogP contribution in [-0.2, 0) is 6.54 Å². The number of hydrogen-bond donors (Lipinski definition) is 0. The fraction of sp³-hybridized carbons (Fsp3) is 0.0769. The molecule has 3 rings (SSSR count). The average molecular weight is 224 g/mol. The molecule has 0 aliphatic carbocycles. The number of anilines is 1. The minimum atomic E-state index is 0.949. The number of nitrogens with zero attached hydrogens (tertiary/aromatic N) is 1. The molecule has 1 nitrogen and oxygen atoms in total. The number of fused-ring (bicyclic) bond motifs is 1. The molecule has 1 aliphatic rings. The molecule has 0 atom stereocenters. The lowest BCUT2D eigenvalue weighted by Gasteiger charge is -2.18. The summed E-state index contributed by atoms with van der Waals surface area (Å²) in [6.07, 6.45) is 0. The lowest BCUT2D eigenvalue weighted by atomic mass is 10.1. The van der Waals surface area contributed by atoms with Crippen LogP contribution in [0.3, 0.4) is 0 Å². The van der Waals surface area contributed by atoms with Crippen molar-refractivity contribution in [2.24, 2.45) is 0 Å². The van der Waals surface area contributed by atoms with Gasteiger partial charge < -0.3 is 4.81 Å². The van der Waals surface area contributed by atoms with Gasteiger partial charge in [0.2, 0.25) is 0 Å². The maximum atomic E-state index is 2.30. The topological polar surface area (TPSA) is 3.24 Å². The summed E-state index contributed by atoms with van der Waals surface area (Å²) in [5.74, 6) is 0. The molecule has 0 spiro atoms. The Labute approximate surface area is 101 Å².